The molecular formula is C20H23F6N3O4. The first-order chi connectivity index (χ1) is 15.5. The van der Waals surface area contributed by atoms with Crippen LogP contribution in [0, 0.1) is 11.6 Å². The van der Waals surface area contributed by atoms with Gasteiger partial charge in [-0.3, -0.25) is 4.79 Å². The lowest BCUT2D eigenvalue weighted by Gasteiger charge is -2.32. The smallest absolute Gasteiger partial charge is 0.295 e. The molecule has 1 aromatic carbocycles. The van der Waals surface area contributed by atoms with Crippen LogP contribution in [0.3, 0.4) is 0 Å². The lowest BCUT2D eigenvalue weighted by molar-refractivity contribution is -0.130. The zero-order chi connectivity index (χ0) is 24.3. The number of carbonyl (C=O) groups excluding carboxylic acids is 1. The van der Waals surface area contributed by atoms with Crippen molar-refractivity contribution in [2.75, 3.05) is 13.2 Å². The van der Waals surface area contributed by atoms with E-state index in [0.717, 1.165) is 6.92 Å². The number of aromatic amines is 1. The Hall–Kier alpha value is -2.70. The van der Waals surface area contributed by atoms with E-state index < -0.39 is 77.9 Å². The van der Waals surface area contributed by atoms with Crippen molar-refractivity contribution in [3.63, 3.8) is 0 Å². The van der Waals surface area contributed by atoms with Gasteiger partial charge in [-0.25, -0.2) is 26.3 Å². The Morgan fingerprint density at radius 2 is 2.09 bits per heavy atom. The normalized spacial score (nSPS) is 20.2. The number of hydrogen-bond donors (Lipinski definition) is 2. The number of imidazole rings is 1. The summed E-state index contributed by atoms with van der Waals surface area (Å²) >= 11 is 0. The molecule has 0 aliphatic carbocycles. The third kappa shape index (κ3) is 6.21. The summed E-state index contributed by atoms with van der Waals surface area (Å²) in [5.41, 5.74) is -0.830. The second-order valence-corrected chi connectivity index (χ2v) is 7.80. The van der Waals surface area contributed by atoms with Crippen LogP contribution >= 0.6 is 0 Å². The Morgan fingerprint density at radius 3 is 2.70 bits per heavy atom. The van der Waals surface area contributed by atoms with Crippen LogP contribution in [0.15, 0.2) is 6.07 Å². The molecule has 2 heterocycles. The Morgan fingerprint density at radius 1 is 1.36 bits per heavy atom. The first kappa shape index (κ1) is 24.9. The summed E-state index contributed by atoms with van der Waals surface area (Å²) in [4.78, 5) is 17.3. The molecule has 2 aromatic rings. The summed E-state index contributed by atoms with van der Waals surface area (Å²) in [5.74, 6) is -6.55. The zero-order valence-corrected chi connectivity index (χ0v) is 17.8. The number of benzene rings is 1. The van der Waals surface area contributed by atoms with Crippen molar-refractivity contribution >= 4 is 16.9 Å². The van der Waals surface area contributed by atoms with Gasteiger partial charge < -0.3 is 24.5 Å². The Kier molecular flexibility index (Phi) is 7.60. The van der Waals surface area contributed by atoms with E-state index in [9.17, 15) is 31.1 Å². The number of aromatic nitrogens is 2. The highest BCUT2D eigenvalue weighted by atomic mass is 19.3. The lowest BCUT2D eigenvalue weighted by atomic mass is 9.98. The molecule has 1 saturated heterocycles. The molecule has 2 N–H and O–H groups in total. The van der Waals surface area contributed by atoms with Gasteiger partial charge in [0.15, 0.2) is 17.4 Å². The van der Waals surface area contributed by atoms with Crippen LogP contribution in [-0.2, 0) is 9.53 Å². The van der Waals surface area contributed by atoms with Crippen molar-refractivity contribution < 1.29 is 45.3 Å². The van der Waals surface area contributed by atoms with Gasteiger partial charge in [0.05, 0.1) is 18.8 Å². The highest BCUT2D eigenvalue weighted by Crippen LogP contribution is 2.32. The molecule has 33 heavy (non-hydrogen) atoms. The second-order valence-electron chi connectivity index (χ2n) is 7.80. The molecule has 0 bridgehead atoms. The summed E-state index contributed by atoms with van der Waals surface area (Å²) in [6, 6.07) is -0.992. The third-order valence-corrected chi connectivity index (χ3v) is 5.13. The van der Waals surface area contributed by atoms with Gasteiger partial charge in [-0.05, 0) is 19.8 Å². The fourth-order valence-corrected chi connectivity index (χ4v) is 3.45. The van der Waals surface area contributed by atoms with Crippen molar-refractivity contribution in [2.45, 2.75) is 63.7 Å². The molecule has 0 saturated carbocycles. The molecule has 1 fully saturated rings. The minimum atomic E-state index is -3.18. The van der Waals surface area contributed by atoms with Gasteiger partial charge in [0, 0.05) is 19.4 Å². The third-order valence-electron chi connectivity index (χ3n) is 5.13. The van der Waals surface area contributed by atoms with E-state index in [2.05, 4.69) is 20.0 Å². The lowest BCUT2D eigenvalue weighted by Crippen LogP contribution is -2.47. The number of amides is 1. The van der Waals surface area contributed by atoms with E-state index in [0.29, 0.717) is 12.5 Å². The highest BCUT2D eigenvalue weighted by Gasteiger charge is 2.41. The van der Waals surface area contributed by atoms with Gasteiger partial charge in [-0.15, -0.1) is 0 Å². The van der Waals surface area contributed by atoms with Crippen molar-refractivity contribution in [2.24, 2.45) is 0 Å². The largest absolute Gasteiger partial charge is 0.484 e. The second kappa shape index (κ2) is 10.1. The van der Waals surface area contributed by atoms with Gasteiger partial charge in [0.1, 0.15) is 23.7 Å². The van der Waals surface area contributed by atoms with Crippen molar-refractivity contribution in [3.8, 4) is 11.8 Å². The number of halogens is 6. The van der Waals surface area contributed by atoms with Crippen LogP contribution in [-0.4, -0.2) is 59.7 Å². The monoisotopic (exact) mass is 483 g/mol. The van der Waals surface area contributed by atoms with Crippen molar-refractivity contribution in [3.05, 3.63) is 17.7 Å². The summed E-state index contributed by atoms with van der Waals surface area (Å²) in [6.45, 7) is 1.18. The van der Waals surface area contributed by atoms with Crippen LogP contribution in [0.25, 0.3) is 11.0 Å². The average Bonchev–Trinajstić information content (AvgIpc) is 3.15. The van der Waals surface area contributed by atoms with Crippen molar-refractivity contribution in [1.82, 2.24) is 15.3 Å². The summed E-state index contributed by atoms with van der Waals surface area (Å²) in [7, 11) is 0. The zero-order valence-electron chi connectivity index (χ0n) is 17.8. The molecule has 0 radical (unpaired) electrons. The molecule has 3 rings (SSSR count). The highest BCUT2D eigenvalue weighted by molar-refractivity contribution is 5.79. The Balaban J connectivity index is 1.60. The van der Waals surface area contributed by atoms with Crippen LogP contribution in [0.1, 0.15) is 33.1 Å². The average molecular weight is 483 g/mol. The summed E-state index contributed by atoms with van der Waals surface area (Å²) in [6.07, 6.45) is -4.32. The van der Waals surface area contributed by atoms with Crippen LogP contribution in [0.2, 0.25) is 0 Å². The Labute approximate surface area is 184 Å². The number of rotatable bonds is 9. The van der Waals surface area contributed by atoms with Gasteiger partial charge in [-0.2, -0.15) is 4.98 Å². The molecular weight excluding hydrogens is 460 g/mol. The summed E-state index contributed by atoms with van der Waals surface area (Å²) in [5, 5.41) is 2.16. The SMILES string of the molecule is CC(=O)N[C@H](C)C(F)(F)C[C@H]1CC[C@H](Oc2nc3c(F)cc(OCC(F)F)c(F)c3[nH]2)CO1. The van der Waals surface area contributed by atoms with E-state index in [1.807, 2.05) is 0 Å². The van der Waals surface area contributed by atoms with Crippen LogP contribution in [0.4, 0.5) is 26.3 Å². The molecule has 0 spiro atoms. The molecule has 1 aliphatic heterocycles. The maximum absolute atomic E-state index is 14.5. The maximum Gasteiger partial charge on any atom is 0.295 e. The van der Waals surface area contributed by atoms with Gasteiger partial charge >= 0.3 is 0 Å². The fraction of sp³-hybridized carbons (Fsp3) is 0.600. The molecule has 3 atom stereocenters. The maximum atomic E-state index is 14.5. The fourth-order valence-electron chi connectivity index (χ4n) is 3.45. The first-order valence-corrected chi connectivity index (χ1v) is 10.2. The predicted molar refractivity (Wildman–Crippen MR) is 104 cm³/mol. The van der Waals surface area contributed by atoms with Crippen LogP contribution < -0.4 is 14.8 Å². The first-order valence-electron chi connectivity index (χ1n) is 10.2. The van der Waals surface area contributed by atoms with E-state index in [1.54, 1.807) is 0 Å². The number of carbonyl (C=O) groups is 1. The number of H-pyrrole nitrogens is 1. The molecule has 1 aliphatic rings. The standard InChI is InChI=1S/C20H23F6N3O4/c1-9(27-10(2)30)20(25,26)6-11-3-4-12(7-31-11)33-19-28-17-13(21)5-14(32-8-15(22)23)16(24)18(17)29-19/h5,9,11-12,15H,3-4,6-8H2,1-2H3,(H,27,30)(H,28,29)/t9-,11-,12+/m1/s1. The molecule has 7 nitrogen and oxygen atoms in total. The topological polar surface area (TPSA) is 85.5 Å². The Bertz CT molecular complexity index is 978. The van der Waals surface area contributed by atoms with Gasteiger partial charge in [0.25, 0.3) is 18.4 Å². The summed E-state index contributed by atoms with van der Waals surface area (Å²) < 4.78 is 97.3. The van der Waals surface area contributed by atoms with E-state index in [1.165, 1.54) is 6.92 Å². The predicted octanol–water partition coefficient (Wildman–Crippen LogP) is 3.96. The molecule has 13 heteroatoms. The van der Waals surface area contributed by atoms with Gasteiger partial charge in [-0.1, -0.05) is 0 Å². The van der Waals surface area contributed by atoms with Crippen LogP contribution in [0.5, 0.6) is 11.8 Å². The van der Waals surface area contributed by atoms with Gasteiger partial charge in [0.2, 0.25) is 5.91 Å². The quantitative estimate of drug-likeness (QED) is 0.528. The van der Waals surface area contributed by atoms with E-state index in [-0.39, 0.29) is 19.0 Å². The van der Waals surface area contributed by atoms with Crippen molar-refractivity contribution in [1.29, 1.82) is 0 Å². The number of nitrogens with zero attached hydrogens (tertiary/aromatic N) is 1. The minimum absolute atomic E-state index is 0.0694. The number of fused-ring (bicyclic) bond motifs is 1. The molecule has 1 aromatic heterocycles. The van der Waals surface area contributed by atoms with E-state index in [4.69, 9.17) is 9.47 Å². The number of hydrogen-bond acceptors (Lipinski definition) is 5. The van der Waals surface area contributed by atoms with E-state index >= 15 is 0 Å². The number of alkyl halides is 4. The minimum Gasteiger partial charge on any atom is -0.484 e. The molecule has 0 unspecified atom stereocenters. The molecule has 1 amide bonds. The molecule has 184 valence electrons. The number of ether oxygens (including phenoxy) is 3. The number of nitrogens with one attached hydrogen (secondary N) is 2.